The highest BCUT2D eigenvalue weighted by molar-refractivity contribution is 7.99. The van der Waals surface area contributed by atoms with Gasteiger partial charge in [0.25, 0.3) is 0 Å². The number of carbonyl (C=O) groups excluding carboxylic acids is 2. The molecule has 142 valence electrons. The number of thioether (sulfide) groups is 1. The Morgan fingerprint density at radius 2 is 1.96 bits per heavy atom. The van der Waals surface area contributed by atoms with E-state index in [1.165, 1.54) is 5.56 Å². The minimum absolute atomic E-state index is 0.0303. The average molecular weight is 376 g/mol. The summed E-state index contributed by atoms with van der Waals surface area (Å²) in [6, 6.07) is 10.8. The Kier molecular flexibility index (Phi) is 7.38. The molecule has 1 aromatic rings. The van der Waals surface area contributed by atoms with Crippen molar-refractivity contribution < 1.29 is 9.59 Å². The monoisotopic (exact) mass is 375 g/mol. The predicted molar refractivity (Wildman–Crippen MR) is 106 cm³/mol. The Hall–Kier alpha value is -1.53. The van der Waals surface area contributed by atoms with Crippen LogP contribution in [0.2, 0.25) is 0 Å². The summed E-state index contributed by atoms with van der Waals surface area (Å²) in [6.07, 6.45) is 3.63. The van der Waals surface area contributed by atoms with E-state index in [-0.39, 0.29) is 24.4 Å². The molecule has 0 saturated carbocycles. The molecule has 2 fully saturated rings. The smallest absolute Gasteiger partial charge is 0.241 e. The number of nitrogens with zero attached hydrogens (tertiary/aromatic N) is 1. The van der Waals surface area contributed by atoms with Gasteiger partial charge < -0.3 is 15.5 Å². The third-order valence-electron chi connectivity index (χ3n) is 5.20. The van der Waals surface area contributed by atoms with E-state index in [9.17, 15) is 9.59 Å². The van der Waals surface area contributed by atoms with Crippen LogP contribution >= 0.6 is 11.8 Å². The van der Waals surface area contributed by atoms with Crippen LogP contribution in [0.3, 0.4) is 0 Å². The minimum atomic E-state index is -0.0303. The van der Waals surface area contributed by atoms with Gasteiger partial charge in [0.05, 0.1) is 6.54 Å². The summed E-state index contributed by atoms with van der Waals surface area (Å²) >= 11 is 1.88. The number of rotatable bonds is 6. The van der Waals surface area contributed by atoms with Gasteiger partial charge in [-0.1, -0.05) is 30.3 Å². The Balaban J connectivity index is 1.33. The summed E-state index contributed by atoms with van der Waals surface area (Å²) in [4.78, 5) is 26.3. The summed E-state index contributed by atoms with van der Waals surface area (Å²) in [5, 5.41) is 6.15. The third-order valence-corrected chi connectivity index (χ3v) is 6.33. The second kappa shape index (κ2) is 9.97. The van der Waals surface area contributed by atoms with Crippen molar-refractivity contribution in [2.75, 3.05) is 37.7 Å². The van der Waals surface area contributed by atoms with Crippen molar-refractivity contribution in [2.24, 2.45) is 5.92 Å². The second-order valence-electron chi connectivity index (χ2n) is 7.22. The molecule has 0 spiro atoms. The molecule has 2 aliphatic rings. The third kappa shape index (κ3) is 6.02. The van der Waals surface area contributed by atoms with Gasteiger partial charge in [0.1, 0.15) is 0 Å². The normalized spacial score (nSPS) is 21.4. The highest BCUT2D eigenvalue weighted by atomic mass is 32.2. The van der Waals surface area contributed by atoms with E-state index in [1.54, 1.807) is 0 Å². The molecule has 0 aliphatic carbocycles. The highest BCUT2D eigenvalue weighted by Gasteiger charge is 2.23. The van der Waals surface area contributed by atoms with E-state index in [2.05, 4.69) is 34.9 Å². The molecule has 2 heterocycles. The van der Waals surface area contributed by atoms with Crippen molar-refractivity contribution in [1.29, 1.82) is 0 Å². The van der Waals surface area contributed by atoms with Crippen molar-refractivity contribution in [3.05, 3.63) is 35.9 Å². The summed E-state index contributed by atoms with van der Waals surface area (Å²) in [7, 11) is 0. The first-order chi connectivity index (χ1) is 12.7. The van der Waals surface area contributed by atoms with Crippen LogP contribution < -0.4 is 10.6 Å². The van der Waals surface area contributed by atoms with Crippen LogP contribution in [0.25, 0.3) is 0 Å². The standard InChI is InChI=1S/C20H29N3O2S/c24-19(13-18-15-26-11-8-21-18)22-14-20(25)23-9-6-17(7-10-23)12-16-4-2-1-3-5-16/h1-5,17-18,21H,6-15H2,(H,22,24). The molecule has 1 atom stereocenters. The molecule has 6 heteroatoms. The zero-order valence-corrected chi connectivity index (χ0v) is 16.1. The molecule has 2 aliphatic heterocycles. The number of piperidine rings is 1. The molecule has 2 N–H and O–H groups in total. The van der Waals surface area contributed by atoms with Crippen molar-refractivity contribution in [3.63, 3.8) is 0 Å². The zero-order valence-electron chi connectivity index (χ0n) is 15.3. The van der Waals surface area contributed by atoms with Gasteiger partial charge in [0, 0.05) is 43.6 Å². The summed E-state index contributed by atoms with van der Waals surface area (Å²) < 4.78 is 0. The average Bonchev–Trinajstić information content (AvgIpc) is 2.68. The van der Waals surface area contributed by atoms with Gasteiger partial charge in [-0.3, -0.25) is 9.59 Å². The lowest BCUT2D eigenvalue weighted by molar-refractivity contribution is -0.134. The summed E-state index contributed by atoms with van der Waals surface area (Å²) in [5.74, 6) is 2.73. The first-order valence-electron chi connectivity index (χ1n) is 9.60. The summed E-state index contributed by atoms with van der Waals surface area (Å²) in [5.41, 5.74) is 1.37. The van der Waals surface area contributed by atoms with Crippen molar-refractivity contribution in [1.82, 2.24) is 15.5 Å². The van der Waals surface area contributed by atoms with E-state index < -0.39 is 0 Å². The van der Waals surface area contributed by atoms with Crippen LogP contribution in [-0.2, 0) is 16.0 Å². The lowest BCUT2D eigenvalue weighted by Gasteiger charge is -2.32. The lowest BCUT2D eigenvalue weighted by atomic mass is 9.90. The van der Waals surface area contributed by atoms with Gasteiger partial charge in [-0.2, -0.15) is 11.8 Å². The molecule has 26 heavy (non-hydrogen) atoms. The van der Waals surface area contributed by atoms with Crippen molar-refractivity contribution >= 4 is 23.6 Å². The fraction of sp³-hybridized carbons (Fsp3) is 0.600. The van der Waals surface area contributed by atoms with E-state index in [1.807, 2.05) is 22.7 Å². The number of benzene rings is 1. The predicted octanol–water partition coefficient (Wildman–Crippen LogP) is 1.68. The van der Waals surface area contributed by atoms with Gasteiger partial charge in [-0.25, -0.2) is 0 Å². The van der Waals surface area contributed by atoms with E-state index in [0.717, 1.165) is 50.4 Å². The van der Waals surface area contributed by atoms with Crippen molar-refractivity contribution in [2.45, 2.75) is 31.7 Å². The van der Waals surface area contributed by atoms with Gasteiger partial charge in [-0.15, -0.1) is 0 Å². The number of hydrogen-bond acceptors (Lipinski definition) is 4. The topological polar surface area (TPSA) is 61.4 Å². The molecule has 3 rings (SSSR count). The molecule has 0 aromatic heterocycles. The number of likely N-dealkylation sites (tertiary alicyclic amines) is 1. The maximum absolute atomic E-state index is 12.4. The Morgan fingerprint density at radius 3 is 2.65 bits per heavy atom. The first kappa shape index (κ1) is 19.2. The molecular weight excluding hydrogens is 346 g/mol. The van der Waals surface area contributed by atoms with E-state index >= 15 is 0 Å². The SMILES string of the molecule is O=C(CC1CSCCN1)NCC(=O)N1CCC(Cc2ccccc2)CC1. The molecule has 0 bridgehead atoms. The fourth-order valence-corrected chi connectivity index (χ4v) is 4.62. The zero-order chi connectivity index (χ0) is 18.2. The molecule has 5 nitrogen and oxygen atoms in total. The van der Waals surface area contributed by atoms with Gasteiger partial charge in [0.15, 0.2) is 0 Å². The van der Waals surface area contributed by atoms with E-state index in [0.29, 0.717) is 12.3 Å². The molecule has 0 radical (unpaired) electrons. The molecule has 1 unspecified atom stereocenters. The second-order valence-corrected chi connectivity index (χ2v) is 8.37. The van der Waals surface area contributed by atoms with Crippen LogP contribution in [0.5, 0.6) is 0 Å². The molecule has 2 saturated heterocycles. The van der Waals surface area contributed by atoms with Crippen LogP contribution in [-0.4, -0.2) is 60.4 Å². The van der Waals surface area contributed by atoms with Gasteiger partial charge in [-0.05, 0) is 30.7 Å². The molecule has 1 aromatic carbocycles. The van der Waals surface area contributed by atoms with Gasteiger partial charge >= 0.3 is 0 Å². The first-order valence-corrected chi connectivity index (χ1v) is 10.8. The number of hydrogen-bond donors (Lipinski definition) is 2. The Labute approximate surface area is 160 Å². The lowest BCUT2D eigenvalue weighted by Crippen LogP contribution is -2.46. The van der Waals surface area contributed by atoms with Crippen LogP contribution in [0.1, 0.15) is 24.8 Å². The van der Waals surface area contributed by atoms with Crippen LogP contribution in [0.4, 0.5) is 0 Å². The van der Waals surface area contributed by atoms with E-state index in [4.69, 9.17) is 0 Å². The molecular formula is C20H29N3O2S. The van der Waals surface area contributed by atoms with Crippen LogP contribution in [0, 0.1) is 5.92 Å². The highest BCUT2D eigenvalue weighted by Crippen LogP contribution is 2.21. The quantitative estimate of drug-likeness (QED) is 0.794. The maximum Gasteiger partial charge on any atom is 0.241 e. The minimum Gasteiger partial charge on any atom is -0.347 e. The van der Waals surface area contributed by atoms with Crippen LogP contribution in [0.15, 0.2) is 30.3 Å². The number of amides is 2. The largest absolute Gasteiger partial charge is 0.347 e. The number of carbonyl (C=O) groups is 2. The number of nitrogens with one attached hydrogen (secondary N) is 2. The van der Waals surface area contributed by atoms with Crippen molar-refractivity contribution in [3.8, 4) is 0 Å². The Morgan fingerprint density at radius 1 is 1.19 bits per heavy atom. The van der Waals surface area contributed by atoms with Gasteiger partial charge in [0.2, 0.25) is 11.8 Å². The Bertz CT molecular complexity index is 582. The fourth-order valence-electron chi connectivity index (χ4n) is 3.67. The summed E-state index contributed by atoms with van der Waals surface area (Å²) in [6.45, 7) is 2.68. The maximum atomic E-state index is 12.4. The molecule has 2 amide bonds.